The number of nitrogens with zero attached hydrogens (tertiary/aromatic N) is 4. The zero-order chi connectivity index (χ0) is 55.6. The monoisotopic (exact) mass is 1120 g/mol. The summed E-state index contributed by atoms with van der Waals surface area (Å²) in [4.78, 5) is 63.6. The van der Waals surface area contributed by atoms with Crippen molar-refractivity contribution in [2.24, 2.45) is 28.2 Å². The lowest BCUT2D eigenvalue weighted by molar-refractivity contribution is 0.101. The van der Waals surface area contributed by atoms with Crippen LogP contribution in [-0.4, -0.2) is 99.8 Å². The molecule has 8 aromatic rings. The molecule has 4 aromatic heterocycles. The van der Waals surface area contributed by atoms with Crippen molar-refractivity contribution in [1.82, 2.24) is 18.3 Å². The number of hydrogen-bond acceptors (Lipinski definition) is 13. The Balaban J connectivity index is 0.894. The van der Waals surface area contributed by atoms with Gasteiger partial charge < -0.3 is 50.2 Å². The molecule has 0 aliphatic carbocycles. The van der Waals surface area contributed by atoms with Crippen LogP contribution >= 0.6 is 0 Å². The van der Waals surface area contributed by atoms with E-state index >= 15 is 0 Å². The molecule has 0 saturated carbocycles. The lowest BCUT2D eigenvalue weighted by Gasteiger charge is -2.13. The summed E-state index contributed by atoms with van der Waals surface area (Å²) in [5.41, 5.74) is 0.371. The van der Waals surface area contributed by atoms with Crippen molar-refractivity contribution >= 4 is 126 Å². The predicted molar refractivity (Wildman–Crippen MR) is 273 cm³/mol. The van der Waals surface area contributed by atoms with Gasteiger partial charge in [-0.2, -0.15) is 33.7 Å². The van der Waals surface area contributed by atoms with Crippen LogP contribution in [0.25, 0.3) is 21.5 Å². The van der Waals surface area contributed by atoms with Crippen molar-refractivity contribution in [3.8, 4) is 0 Å². The highest BCUT2D eigenvalue weighted by molar-refractivity contribution is 7.87. The number of aromatic nitrogens is 4. The predicted octanol–water partition coefficient (Wildman–Crippen LogP) is 4.99. The summed E-state index contributed by atoms with van der Waals surface area (Å²) in [6.45, 7) is 0. The molecule has 27 nitrogen and oxygen atoms in total. The Kier molecular flexibility index (Phi) is 13.8. The standard InChI is InChI=1S/C45H40N10O17S4/c1-52-19-25(13-35(52)43(58)50-31-9-5-7-23-11-29(73(61,62)63)17-37(39(23)31)75(67,68)69)46-41(56)33-15-27(21-54(33)3)48-45(60)49-28-16-34(55(4)22-28)42(57)47-26-14-36(53(2)20-26)44(59)51-32-10-6-8-24-12-30(74(64,65)66)18-38(40(24)32)76(70,71)72/h5-22H,1-4H3,(H,46,56)(H,47,57)(H,50,58)(H,51,59)(H2,48,49,60)(H,61,62,63)(H,64,65,66)(H,67,68,69)(H,70,71,72). The molecule has 0 aliphatic rings. The largest absolute Gasteiger partial charge is 0.344 e. The highest BCUT2D eigenvalue weighted by atomic mass is 32.2. The third-order valence-corrected chi connectivity index (χ3v) is 14.9. The van der Waals surface area contributed by atoms with Crippen molar-refractivity contribution in [2.45, 2.75) is 19.6 Å². The minimum absolute atomic E-state index is 0.0385. The number of carbonyl (C=O) groups excluding carboxylic acids is 5. The molecule has 0 saturated heterocycles. The zero-order valence-electron chi connectivity index (χ0n) is 39.4. The van der Waals surface area contributed by atoms with E-state index in [0.29, 0.717) is 12.1 Å². The lowest BCUT2D eigenvalue weighted by atomic mass is 10.1. The lowest BCUT2D eigenvalue weighted by Crippen LogP contribution is -2.18. The van der Waals surface area contributed by atoms with Gasteiger partial charge in [0.2, 0.25) is 0 Å². The van der Waals surface area contributed by atoms with Gasteiger partial charge in [0, 0.05) is 63.8 Å². The van der Waals surface area contributed by atoms with Crippen LogP contribution in [0.4, 0.5) is 38.9 Å². The molecular weight excluding hydrogens is 1080 g/mol. The Hall–Kier alpha value is -8.69. The van der Waals surface area contributed by atoms with Gasteiger partial charge in [-0.25, -0.2) is 4.79 Å². The number of carbonyl (C=O) groups is 5. The fraction of sp³-hybridized carbons (Fsp3) is 0.0889. The first kappa shape index (κ1) is 53.6. The quantitative estimate of drug-likeness (QED) is 0.0641. The molecule has 31 heteroatoms. The highest BCUT2D eigenvalue weighted by Crippen LogP contribution is 2.35. The number of rotatable bonds is 14. The number of hydrogen-bond donors (Lipinski definition) is 10. The van der Waals surface area contributed by atoms with Crippen molar-refractivity contribution in [2.75, 3.05) is 31.9 Å². The normalized spacial score (nSPS) is 12.1. The van der Waals surface area contributed by atoms with Gasteiger partial charge in [-0.15, -0.1) is 0 Å². The Morgan fingerprint density at radius 3 is 0.961 bits per heavy atom. The van der Waals surface area contributed by atoms with Gasteiger partial charge in [-0.3, -0.25) is 37.4 Å². The van der Waals surface area contributed by atoms with E-state index in [1.165, 1.54) is 132 Å². The average Bonchev–Trinajstić information content (AvgIpc) is 4.08. The first-order chi connectivity index (χ1) is 35.3. The van der Waals surface area contributed by atoms with Crippen LogP contribution in [0.15, 0.2) is 129 Å². The summed E-state index contributed by atoms with van der Waals surface area (Å²) in [6.07, 6.45) is 5.66. The van der Waals surface area contributed by atoms with E-state index in [1.54, 1.807) is 0 Å². The van der Waals surface area contributed by atoms with Crippen LogP contribution in [0.1, 0.15) is 42.0 Å². The first-order valence-corrected chi connectivity index (χ1v) is 27.1. The van der Waals surface area contributed by atoms with E-state index in [1.807, 2.05) is 0 Å². The van der Waals surface area contributed by atoms with Crippen LogP contribution in [-0.2, 0) is 68.7 Å². The van der Waals surface area contributed by atoms with Gasteiger partial charge in [-0.05, 0) is 71.4 Å². The fourth-order valence-electron chi connectivity index (χ4n) is 8.13. The molecule has 0 unspecified atom stereocenters. The van der Waals surface area contributed by atoms with Crippen molar-refractivity contribution in [3.05, 3.63) is 132 Å². The molecule has 396 valence electrons. The molecule has 6 amide bonds. The summed E-state index contributed by atoms with van der Waals surface area (Å²) < 4.78 is 141. The Bertz CT molecular complexity index is 4020. The van der Waals surface area contributed by atoms with Crippen molar-refractivity contribution < 1.29 is 75.9 Å². The third kappa shape index (κ3) is 11.2. The van der Waals surface area contributed by atoms with E-state index in [-0.39, 0.29) is 78.4 Å². The van der Waals surface area contributed by atoms with Gasteiger partial charge in [0.25, 0.3) is 64.1 Å². The van der Waals surface area contributed by atoms with E-state index in [4.69, 9.17) is 0 Å². The number of aryl methyl sites for hydroxylation is 4. The molecule has 0 bridgehead atoms. The van der Waals surface area contributed by atoms with E-state index in [2.05, 4.69) is 31.9 Å². The Morgan fingerprint density at radius 2 is 0.671 bits per heavy atom. The fourth-order valence-corrected chi connectivity index (χ4v) is 10.9. The zero-order valence-corrected chi connectivity index (χ0v) is 42.7. The van der Waals surface area contributed by atoms with Crippen LogP contribution in [0.2, 0.25) is 0 Å². The van der Waals surface area contributed by atoms with Gasteiger partial charge in [-0.1, -0.05) is 24.3 Å². The Morgan fingerprint density at radius 1 is 0.382 bits per heavy atom. The number of benzene rings is 4. The second kappa shape index (κ2) is 19.5. The molecule has 0 fully saturated rings. The number of urea groups is 1. The molecule has 76 heavy (non-hydrogen) atoms. The molecule has 8 rings (SSSR count). The van der Waals surface area contributed by atoms with Crippen LogP contribution in [0, 0.1) is 0 Å². The topological polar surface area (TPSA) is 395 Å². The summed E-state index contributed by atoms with van der Waals surface area (Å²) in [5.74, 6) is -2.95. The molecule has 0 atom stereocenters. The average molecular weight is 1120 g/mol. The second-order valence-electron chi connectivity index (χ2n) is 16.8. The van der Waals surface area contributed by atoms with Crippen LogP contribution < -0.4 is 31.9 Å². The van der Waals surface area contributed by atoms with E-state index in [0.717, 1.165) is 12.1 Å². The smallest absolute Gasteiger partial charge is 0.323 e. The maximum Gasteiger partial charge on any atom is 0.323 e. The van der Waals surface area contributed by atoms with Crippen molar-refractivity contribution in [3.63, 3.8) is 0 Å². The number of fused-ring (bicyclic) bond motifs is 2. The number of amides is 6. The Labute approximate surface area is 430 Å². The van der Waals surface area contributed by atoms with Crippen LogP contribution in [0.3, 0.4) is 0 Å². The maximum absolute atomic E-state index is 13.5. The molecule has 10 N–H and O–H groups in total. The summed E-state index contributed by atoms with van der Waals surface area (Å²) in [6, 6.07) is 15.5. The van der Waals surface area contributed by atoms with Gasteiger partial charge >= 0.3 is 6.03 Å². The molecule has 4 aromatic carbocycles. The molecular formula is C45H40N10O17S4. The van der Waals surface area contributed by atoms with Gasteiger partial charge in [0.15, 0.2) is 0 Å². The molecule has 0 aliphatic heterocycles. The number of nitrogens with one attached hydrogen (secondary N) is 6. The van der Waals surface area contributed by atoms with Gasteiger partial charge in [0.05, 0.1) is 43.9 Å². The minimum Gasteiger partial charge on any atom is -0.344 e. The van der Waals surface area contributed by atoms with Crippen molar-refractivity contribution in [1.29, 1.82) is 0 Å². The second-order valence-corrected chi connectivity index (χ2v) is 22.5. The summed E-state index contributed by atoms with van der Waals surface area (Å²) in [5, 5.41) is 14.9. The van der Waals surface area contributed by atoms with Crippen LogP contribution in [0.5, 0.6) is 0 Å². The molecule has 0 radical (unpaired) electrons. The molecule has 0 spiro atoms. The molecule has 4 heterocycles. The van der Waals surface area contributed by atoms with E-state index in [9.17, 15) is 75.9 Å². The maximum atomic E-state index is 13.5. The number of anilines is 6. The third-order valence-electron chi connectivity index (χ3n) is 11.5. The van der Waals surface area contributed by atoms with E-state index < -0.39 is 89.7 Å². The SMILES string of the molecule is Cn1cc(NC(=O)Nc2cc(C(=O)Nc3cc(C(=O)Nc4cccc5cc(S(=O)(=O)O)cc(S(=O)(=O)O)c45)n(C)c3)n(C)c2)cc1C(=O)Nc1cc(C(=O)Nc2cccc3cc(S(=O)(=O)O)cc(S(=O)(=O)O)c23)n(C)c1. The minimum atomic E-state index is -5.09. The first-order valence-electron chi connectivity index (χ1n) is 21.4. The highest BCUT2D eigenvalue weighted by Gasteiger charge is 2.27. The summed E-state index contributed by atoms with van der Waals surface area (Å²) >= 11 is 0. The summed E-state index contributed by atoms with van der Waals surface area (Å²) in [7, 11) is -14.0. The van der Waals surface area contributed by atoms with Gasteiger partial charge in [0.1, 0.15) is 32.6 Å².